The number of benzene rings is 2. The summed E-state index contributed by atoms with van der Waals surface area (Å²) >= 11 is 0.899. The third-order valence-electron chi connectivity index (χ3n) is 7.01. The molecule has 1 aromatic heterocycles. The monoisotopic (exact) mass is 497 g/mol. The number of halogens is 2. The molecule has 2 aliphatic rings. The Labute approximate surface area is 205 Å². The van der Waals surface area contributed by atoms with E-state index in [-0.39, 0.29) is 16.6 Å². The molecular formula is C25H25F2N5O2S. The number of hydrogen-bond acceptors (Lipinski definition) is 7. The Morgan fingerprint density at radius 3 is 2.51 bits per heavy atom. The van der Waals surface area contributed by atoms with E-state index in [0.29, 0.717) is 40.9 Å². The maximum absolute atomic E-state index is 14.0. The summed E-state index contributed by atoms with van der Waals surface area (Å²) in [5, 5.41) is 6.35. The summed E-state index contributed by atoms with van der Waals surface area (Å²) in [5.41, 5.74) is 6.34. The van der Waals surface area contributed by atoms with Gasteiger partial charge in [-0.15, -0.1) is 0 Å². The summed E-state index contributed by atoms with van der Waals surface area (Å²) in [7, 11) is 2.14. The summed E-state index contributed by atoms with van der Waals surface area (Å²) in [6.45, 7) is 0.633. The van der Waals surface area contributed by atoms with Crippen molar-refractivity contribution in [1.82, 2.24) is 15.2 Å². The molecule has 0 unspecified atom stereocenters. The topological polar surface area (TPSA) is 100 Å². The fourth-order valence-corrected chi connectivity index (χ4v) is 5.98. The summed E-state index contributed by atoms with van der Waals surface area (Å²) in [4.78, 5) is 31.7. The van der Waals surface area contributed by atoms with E-state index in [1.165, 1.54) is 25.3 Å². The quantitative estimate of drug-likeness (QED) is 0.423. The molecule has 3 atom stereocenters. The molecule has 5 rings (SSSR count). The van der Waals surface area contributed by atoms with Gasteiger partial charge in [-0.1, -0.05) is 17.4 Å². The molecule has 1 saturated heterocycles. The number of nitrogens with two attached hydrogens (primary N) is 1. The van der Waals surface area contributed by atoms with Crippen LogP contribution in [0.3, 0.4) is 0 Å². The largest absolute Gasteiger partial charge is 0.382 e. The highest BCUT2D eigenvalue weighted by molar-refractivity contribution is 7.18. The molecule has 0 spiro atoms. The van der Waals surface area contributed by atoms with E-state index >= 15 is 0 Å². The Kier molecular flexibility index (Phi) is 6.24. The van der Waals surface area contributed by atoms with Crippen molar-refractivity contribution in [3.8, 4) is 0 Å². The van der Waals surface area contributed by atoms with Gasteiger partial charge in [-0.25, -0.2) is 13.8 Å². The lowest BCUT2D eigenvalue weighted by molar-refractivity contribution is 0.0925. The van der Waals surface area contributed by atoms with Crippen LogP contribution in [-0.4, -0.2) is 47.3 Å². The molecule has 1 aliphatic heterocycles. The standard InChI is InChI=1S/C25H25F2N5O2S/c1-32-16-10-7-14(11-16)19(32)12-29-24(34)13-5-8-15(9-6-13)30-25-31-23(28)22(35-25)21(33)20-17(26)3-2-4-18(20)27/h2-6,8-9,14,16,19H,7,10-12,28H2,1H3,(H,29,34)(H,30,31)/t14-,16+,19-/m1/s1. The number of aromatic nitrogens is 1. The number of fused-ring (bicyclic) bond motifs is 2. The van der Waals surface area contributed by atoms with E-state index in [9.17, 15) is 18.4 Å². The zero-order valence-corrected chi connectivity index (χ0v) is 19.9. The number of rotatable bonds is 7. The minimum absolute atomic E-state index is 0.0573. The molecule has 2 bridgehead atoms. The van der Waals surface area contributed by atoms with Gasteiger partial charge >= 0.3 is 0 Å². The second-order valence-electron chi connectivity index (χ2n) is 9.03. The molecule has 10 heteroatoms. The van der Waals surface area contributed by atoms with Gasteiger partial charge in [0.1, 0.15) is 22.3 Å². The number of amides is 1. The molecule has 1 saturated carbocycles. The van der Waals surface area contributed by atoms with E-state index in [2.05, 4.69) is 27.6 Å². The first-order chi connectivity index (χ1) is 16.8. The van der Waals surface area contributed by atoms with Gasteiger partial charge < -0.3 is 16.4 Å². The highest BCUT2D eigenvalue weighted by Gasteiger charge is 2.43. The van der Waals surface area contributed by atoms with Crippen molar-refractivity contribution < 1.29 is 18.4 Å². The number of thiazole rings is 1. The number of piperidine rings is 1. The number of anilines is 3. The minimum atomic E-state index is -0.960. The van der Waals surface area contributed by atoms with Crippen molar-refractivity contribution >= 4 is 39.7 Å². The molecule has 0 radical (unpaired) electrons. The van der Waals surface area contributed by atoms with Gasteiger partial charge in [0.2, 0.25) is 5.78 Å². The Morgan fingerprint density at radius 1 is 1.14 bits per heavy atom. The maximum Gasteiger partial charge on any atom is 0.251 e. The highest BCUT2D eigenvalue weighted by Crippen LogP contribution is 2.41. The number of carbonyl (C=O) groups excluding carboxylic acids is 2. The van der Waals surface area contributed by atoms with Gasteiger partial charge in [0.25, 0.3) is 5.91 Å². The van der Waals surface area contributed by atoms with Crippen LogP contribution >= 0.6 is 11.3 Å². The SMILES string of the molecule is CN1[C@H]2CC[C@H](C2)[C@H]1CNC(=O)c1ccc(Nc2nc(N)c(C(=O)c3c(F)cccc3F)s2)cc1. The number of likely N-dealkylation sites (tertiary alicyclic amines) is 1. The normalized spacial score (nSPS) is 21.3. The van der Waals surface area contributed by atoms with E-state index in [0.717, 1.165) is 23.5 Å². The van der Waals surface area contributed by atoms with E-state index in [4.69, 9.17) is 5.73 Å². The molecule has 3 aromatic rings. The number of ketones is 1. The average Bonchev–Trinajstić information content (AvgIpc) is 3.53. The molecule has 1 amide bonds. The number of nitrogens with zero attached hydrogens (tertiary/aromatic N) is 2. The second kappa shape index (κ2) is 9.35. The van der Waals surface area contributed by atoms with Crippen molar-refractivity contribution in [2.75, 3.05) is 24.6 Å². The lowest BCUT2D eigenvalue weighted by Crippen LogP contribution is -2.45. The first kappa shape index (κ1) is 23.4. The van der Waals surface area contributed by atoms with Gasteiger partial charge in [0, 0.05) is 29.9 Å². The van der Waals surface area contributed by atoms with Gasteiger partial charge in [-0.3, -0.25) is 14.5 Å². The minimum Gasteiger partial charge on any atom is -0.382 e. The highest BCUT2D eigenvalue weighted by atomic mass is 32.1. The van der Waals surface area contributed by atoms with E-state index in [1.54, 1.807) is 24.3 Å². The van der Waals surface area contributed by atoms with Crippen molar-refractivity contribution in [2.24, 2.45) is 5.92 Å². The van der Waals surface area contributed by atoms with Gasteiger partial charge in [-0.05, 0) is 68.6 Å². The maximum atomic E-state index is 14.0. The van der Waals surface area contributed by atoms with Crippen LogP contribution in [0.25, 0.3) is 0 Å². The van der Waals surface area contributed by atoms with Crippen LogP contribution in [0.5, 0.6) is 0 Å². The number of hydrogen-bond donors (Lipinski definition) is 3. The smallest absolute Gasteiger partial charge is 0.251 e. The lowest BCUT2D eigenvalue weighted by Gasteiger charge is -2.32. The Hall–Kier alpha value is -3.37. The molecule has 4 N–H and O–H groups in total. The van der Waals surface area contributed by atoms with E-state index < -0.39 is 23.0 Å². The Morgan fingerprint density at radius 2 is 1.86 bits per heavy atom. The third-order valence-corrected chi connectivity index (χ3v) is 7.99. The number of nitrogens with one attached hydrogen (secondary N) is 2. The van der Waals surface area contributed by atoms with Crippen LogP contribution < -0.4 is 16.4 Å². The molecule has 2 heterocycles. The van der Waals surface area contributed by atoms with Gasteiger partial charge in [0.05, 0.1) is 5.56 Å². The van der Waals surface area contributed by atoms with Crippen LogP contribution in [0.4, 0.5) is 25.4 Å². The van der Waals surface area contributed by atoms with Crippen molar-refractivity contribution in [1.29, 1.82) is 0 Å². The lowest BCUT2D eigenvalue weighted by atomic mass is 9.99. The predicted octanol–water partition coefficient (Wildman–Crippen LogP) is 4.19. The first-order valence-corrected chi connectivity index (χ1v) is 12.3. The molecular weight excluding hydrogens is 472 g/mol. The van der Waals surface area contributed by atoms with Crippen LogP contribution in [0.1, 0.15) is 44.9 Å². The molecule has 182 valence electrons. The molecule has 7 nitrogen and oxygen atoms in total. The first-order valence-electron chi connectivity index (χ1n) is 11.4. The molecule has 35 heavy (non-hydrogen) atoms. The van der Waals surface area contributed by atoms with Crippen molar-refractivity contribution in [2.45, 2.75) is 31.3 Å². The summed E-state index contributed by atoms with van der Waals surface area (Å²) in [5.74, 6) is -2.37. The van der Waals surface area contributed by atoms with Crippen LogP contribution in [0.15, 0.2) is 42.5 Å². The second-order valence-corrected chi connectivity index (χ2v) is 10.0. The van der Waals surface area contributed by atoms with Crippen molar-refractivity contribution in [3.63, 3.8) is 0 Å². The summed E-state index contributed by atoms with van der Waals surface area (Å²) < 4.78 is 28.0. The predicted molar refractivity (Wildman–Crippen MR) is 131 cm³/mol. The van der Waals surface area contributed by atoms with Crippen molar-refractivity contribution in [3.05, 3.63) is 70.1 Å². The van der Waals surface area contributed by atoms with Gasteiger partial charge in [0.15, 0.2) is 5.13 Å². The Balaban J connectivity index is 1.22. The number of likely N-dealkylation sites (N-methyl/N-ethyl adjacent to an activating group) is 1. The van der Waals surface area contributed by atoms with E-state index in [1.807, 2.05) is 0 Å². The van der Waals surface area contributed by atoms with Crippen LogP contribution in [0, 0.1) is 17.6 Å². The summed E-state index contributed by atoms with van der Waals surface area (Å²) in [6, 6.07) is 11.1. The van der Waals surface area contributed by atoms with Crippen LogP contribution in [-0.2, 0) is 0 Å². The number of carbonyl (C=O) groups is 2. The van der Waals surface area contributed by atoms with Crippen LogP contribution in [0.2, 0.25) is 0 Å². The van der Waals surface area contributed by atoms with Gasteiger partial charge in [-0.2, -0.15) is 0 Å². The fourth-order valence-electron chi connectivity index (χ4n) is 5.13. The Bertz CT molecular complexity index is 1260. The average molecular weight is 498 g/mol. The zero-order chi connectivity index (χ0) is 24.7. The number of nitrogen functional groups attached to an aromatic ring is 1. The fraction of sp³-hybridized carbons (Fsp3) is 0.320. The molecule has 2 fully saturated rings. The summed E-state index contributed by atoms with van der Waals surface area (Å²) in [6.07, 6.45) is 3.71. The molecule has 2 aromatic carbocycles. The third kappa shape index (κ3) is 4.51. The molecule has 1 aliphatic carbocycles. The zero-order valence-electron chi connectivity index (χ0n) is 19.1.